The normalized spacial score (nSPS) is 11.6. The summed E-state index contributed by atoms with van der Waals surface area (Å²) in [6.07, 6.45) is 1.84. The number of nitrogens with one attached hydrogen (secondary N) is 1. The second kappa shape index (κ2) is 6.48. The van der Waals surface area contributed by atoms with Gasteiger partial charge in [-0.05, 0) is 25.0 Å². The molecule has 0 aliphatic carbocycles. The molecule has 0 aromatic heterocycles. The lowest BCUT2D eigenvalue weighted by molar-refractivity contribution is 0.127. The third kappa shape index (κ3) is 3.51. The molecule has 0 aliphatic rings. The highest BCUT2D eigenvalue weighted by atomic mass is 35.5. The highest BCUT2D eigenvalue weighted by Crippen LogP contribution is 2.32. The molecule has 17 heavy (non-hydrogen) atoms. The molecule has 0 fully saturated rings. The molecule has 0 saturated carbocycles. The number of benzene rings is 1. The van der Waals surface area contributed by atoms with Crippen molar-refractivity contribution in [1.29, 1.82) is 0 Å². The number of aliphatic hydroxyl groups is 1. The van der Waals surface area contributed by atoms with Crippen LogP contribution in [0.25, 0.3) is 0 Å². The zero-order valence-corrected chi connectivity index (χ0v) is 11.8. The second-order valence-electron chi connectivity index (χ2n) is 4.32. The van der Waals surface area contributed by atoms with Crippen molar-refractivity contribution in [2.45, 2.75) is 26.7 Å². The average molecular weight is 276 g/mol. The van der Waals surface area contributed by atoms with Crippen molar-refractivity contribution in [2.24, 2.45) is 5.41 Å². The third-order valence-corrected chi connectivity index (χ3v) is 4.26. The van der Waals surface area contributed by atoms with Gasteiger partial charge in [0.05, 0.1) is 22.3 Å². The van der Waals surface area contributed by atoms with Crippen molar-refractivity contribution in [3.63, 3.8) is 0 Å². The van der Waals surface area contributed by atoms with Crippen LogP contribution in [0.1, 0.15) is 26.7 Å². The Labute approximate surface area is 113 Å². The van der Waals surface area contributed by atoms with E-state index in [2.05, 4.69) is 19.2 Å². The van der Waals surface area contributed by atoms with E-state index in [0.717, 1.165) is 18.5 Å². The maximum Gasteiger partial charge on any atom is 0.0823 e. The Kier molecular flexibility index (Phi) is 5.57. The van der Waals surface area contributed by atoms with Crippen molar-refractivity contribution in [2.75, 3.05) is 18.5 Å². The van der Waals surface area contributed by atoms with E-state index in [0.29, 0.717) is 16.6 Å². The Morgan fingerprint density at radius 1 is 1.24 bits per heavy atom. The Balaban J connectivity index is 2.75. The number of hydrogen-bond acceptors (Lipinski definition) is 2. The molecule has 96 valence electrons. The summed E-state index contributed by atoms with van der Waals surface area (Å²) in [6.45, 7) is 5.03. The molecule has 0 atom stereocenters. The van der Waals surface area contributed by atoms with Crippen LogP contribution in [0.3, 0.4) is 0 Å². The van der Waals surface area contributed by atoms with Gasteiger partial charge in [0.25, 0.3) is 0 Å². The van der Waals surface area contributed by atoms with Gasteiger partial charge in [0.2, 0.25) is 0 Å². The quantitative estimate of drug-likeness (QED) is 0.816. The minimum absolute atomic E-state index is 0.0916. The van der Waals surface area contributed by atoms with Crippen molar-refractivity contribution in [1.82, 2.24) is 0 Å². The van der Waals surface area contributed by atoms with Gasteiger partial charge in [0, 0.05) is 12.0 Å². The minimum Gasteiger partial charge on any atom is -0.396 e. The van der Waals surface area contributed by atoms with Crippen LogP contribution in [0, 0.1) is 5.41 Å². The summed E-state index contributed by atoms with van der Waals surface area (Å²) in [6, 6.07) is 5.50. The van der Waals surface area contributed by atoms with Gasteiger partial charge in [0.15, 0.2) is 0 Å². The van der Waals surface area contributed by atoms with E-state index in [9.17, 15) is 5.11 Å². The predicted molar refractivity (Wildman–Crippen MR) is 75.1 cm³/mol. The fraction of sp³-hybridized carbons (Fsp3) is 0.538. The van der Waals surface area contributed by atoms with Crippen molar-refractivity contribution in [3.05, 3.63) is 28.2 Å². The van der Waals surface area contributed by atoms with Crippen LogP contribution in [0.4, 0.5) is 5.69 Å². The van der Waals surface area contributed by atoms with Crippen LogP contribution in [0.2, 0.25) is 10.0 Å². The van der Waals surface area contributed by atoms with E-state index in [4.69, 9.17) is 23.2 Å². The molecule has 1 rings (SSSR count). The molecule has 0 bridgehead atoms. The molecule has 0 spiro atoms. The molecule has 0 saturated heterocycles. The topological polar surface area (TPSA) is 32.3 Å². The lowest BCUT2D eigenvalue weighted by Crippen LogP contribution is -2.32. The Morgan fingerprint density at radius 3 is 2.41 bits per heavy atom. The average Bonchev–Trinajstić information content (AvgIpc) is 2.36. The third-order valence-electron chi connectivity index (χ3n) is 3.44. The fourth-order valence-corrected chi connectivity index (χ4v) is 2.07. The molecule has 1 aromatic carbocycles. The molecular formula is C13H19Cl2NO. The first-order chi connectivity index (χ1) is 8.08. The van der Waals surface area contributed by atoms with Crippen LogP contribution in [-0.2, 0) is 0 Å². The van der Waals surface area contributed by atoms with Crippen LogP contribution in [0.15, 0.2) is 18.2 Å². The van der Waals surface area contributed by atoms with Crippen molar-refractivity contribution in [3.8, 4) is 0 Å². The summed E-state index contributed by atoms with van der Waals surface area (Å²) in [7, 11) is 0. The Hall–Kier alpha value is -0.440. The summed E-state index contributed by atoms with van der Waals surface area (Å²) in [5, 5.41) is 13.8. The number of rotatable bonds is 6. The maximum atomic E-state index is 9.48. The number of anilines is 1. The first-order valence-corrected chi connectivity index (χ1v) is 6.63. The van der Waals surface area contributed by atoms with E-state index in [1.807, 2.05) is 12.1 Å². The van der Waals surface area contributed by atoms with Gasteiger partial charge in [-0.1, -0.05) is 43.1 Å². The molecule has 0 radical (unpaired) electrons. The van der Waals surface area contributed by atoms with Gasteiger partial charge in [-0.15, -0.1) is 0 Å². The molecule has 1 aromatic rings. The summed E-state index contributed by atoms with van der Waals surface area (Å²) in [5.41, 5.74) is 0.727. The lowest BCUT2D eigenvalue weighted by Gasteiger charge is -2.30. The van der Waals surface area contributed by atoms with Gasteiger partial charge in [-0.25, -0.2) is 0 Å². The summed E-state index contributed by atoms with van der Waals surface area (Å²) in [5.74, 6) is 0. The zero-order valence-electron chi connectivity index (χ0n) is 10.3. The highest BCUT2D eigenvalue weighted by Gasteiger charge is 2.25. The number of hydrogen-bond donors (Lipinski definition) is 2. The molecule has 0 unspecified atom stereocenters. The van der Waals surface area contributed by atoms with E-state index < -0.39 is 0 Å². The van der Waals surface area contributed by atoms with Crippen LogP contribution < -0.4 is 5.32 Å². The zero-order chi connectivity index (χ0) is 12.9. The smallest absolute Gasteiger partial charge is 0.0823 e. The van der Waals surface area contributed by atoms with Gasteiger partial charge in [-0.3, -0.25) is 0 Å². The molecule has 2 N–H and O–H groups in total. The molecule has 0 aliphatic heterocycles. The van der Waals surface area contributed by atoms with Gasteiger partial charge >= 0.3 is 0 Å². The van der Waals surface area contributed by atoms with E-state index in [-0.39, 0.29) is 12.0 Å². The summed E-state index contributed by atoms with van der Waals surface area (Å²) in [4.78, 5) is 0. The molecule has 0 heterocycles. The summed E-state index contributed by atoms with van der Waals surface area (Å²) < 4.78 is 0. The number of halogens is 2. The largest absolute Gasteiger partial charge is 0.396 e. The van der Waals surface area contributed by atoms with Crippen molar-refractivity contribution >= 4 is 28.9 Å². The van der Waals surface area contributed by atoms with Crippen LogP contribution in [-0.4, -0.2) is 18.3 Å². The minimum atomic E-state index is -0.0916. The number of aliphatic hydroxyl groups excluding tert-OH is 1. The second-order valence-corrected chi connectivity index (χ2v) is 5.11. The predicted octanol–water partition coefficient (Wildman–Crippen LogP) is 4.20. The van der Waals surface area contributed by atoms with E-state index in [1.165, 1.54) is 0 Å². The molecular weight excluding hydrogens is 257 g/mol. The summed E-state index contributed by atoms with van der Waals surface area (Å²) >= 11 is 12.0. The van der Waals surface area contributed by atoms with Gasteiger partial charge in [0.1, 0.15) is 0 Å². The first-order valence-electron chi connectivity index (χ1n) is 5.87. The Bertz CT molecular complexity index is 356. The van der Waals surface area contributed by atoms with Gasteiger partial charge in [-0.2, -0.15) is 0 Å². The highest BCUT2D eigenvalue weighted by molar-refractivity contribution is 6.43. The molecule has 4 heteroatoms. The van der Waals surface area contributed by atoms with E-state index >= 15 is 0 Å². The van der Waals surface area contributed by atoms with Crippen LogP contribution >= 0.6 is 23.2 Å². The maximum absolute atomic E-state index is 9.48. The standard InChI is InChI=1S/C13H19Cl2NO/c1-3-13(4-2,9-17)8-16-11-7-5-6-10(14)12(11)15/h5-7,16-17H,3-4,8-9H2,1-2H3. The monoisotopic (exact) mass is 275 g/mol. The Morgan fingerprint density at radius 2 is 1.88 bits per heavy atom. The molecule has 0 amide bonds. The van der Waals surface area contributed by atoms with Gasteiger partial charge < -0.3 is 10.4 Å². The lowest BCUT2D eigenvalue weighted by atomic mass is 9.83. The molecule has 2 nitrogen and oxygen atoms in total. The first kappa shape index (κ1) is 14.6. The van der Waals surface area contributed by atoms with Crippen molar-refractivity contribution < 1.29 is 5.11 Å². The van der Waals surface area contributed by atoms with Crippen LogP contribution in [0.5, 0.6) is 0 Å². The fourth-order valence-electron chi connectivity index (χ4n) is 1.70. The SMILES string of the molecule is CCC(CC)(CO)CNc1cccc(Cl)c1Cl. The van der Waals surface area contributed by atoms with E-state index in [1.54, 1.807) is 6.07 Å².